The van der Waals surface area contributed by atoms with Crippen molar-refractivity contribution in [1.82, 2.24) is 0 Å². The van der Waals surface area contributed by atoms with Gasteiger partial charge in [0, 0.05) is 0 Å². The van der Waals surface area contributed by atoms with Crippen molar-refractivity contribution in [2.24, 2.45) is 0 Å². The first-order valence-corrected chi connectivity index (χ1v) is 6.54. The third kappa shape index (κ3) is 900. The normalized spacial score (nSPS) is 9.00. The van der Waals surface area contributed by atoms with Crippen molar-refractivity contribution in [3.8, 4) is 0 Å². The Bertz CT molecular complexity index is 196. The third-order valence-corrected chi connectivity index (χ3v) is 0. The van der Waals surface area contributed by atoms with Crippen LogP contribution in [0.1, 0.15) is 0 Å². The zero-order valence-corrected chi connectivity index (χ0v) is 15.4. The minimum atomic E-state index is -4.89. The molecule has 0 aliphatic carbocycles. The van der Waals surface area contributed by atoms with E-state index in [0.29, 0.717) is 0 Å². The van der Waals surface area contributed by atoms with Crippen molar-refractivity contribution >= 4 is 23.9 Å². The second-order valence-electron chi connectivity index (χ2n) is 1.26. The van der Waals surface area contributed by atoms with Crippen LogP contribution in [0.3, 0.4) is 0 Å². The van der Waals surface area contributed by atoms with Gasteiger partial charge in [0.05, 0.1) is 0 Å². The van der Waals surface area contributed by atoms with Crippen molar-refractivity contribution in [2.75, 3.05) is 0 Å². The van der Waals surface area contributed by atoms with Gasteiger partial charge in [-0.25, -0.2) is 0 Å². The Morgan fingerprint density at radius 1 is 0.824 bits per heavy atom. The first-order valence-electron chi connectivity index (χ1n) is 2.18. The van der Waals surface area contributed by atoms with Crippen LogP contribution in [0, 0.1) is 0 Å². The van der Waals surface area contributed by atoms with Gasteiger partial charge in [-0.05, 0) is 0 Å². The summed E-state index contributed by atoms with van der Waals surface area (Å²) in [5, 5.41) is 0. The molecule has 0 aliphatic rings. The van der Waals surface area contributed by atoms with E-state index in [1.807, 2.05) is 0 Å². The molecule has 0 heterocycles. The maximum absolute atomic E-state index is 8.77. The molecule has 0 aromatic carbocycles. The molecule has 0 rings (SSSR count). The van der Waals surface area contributed by atoms with Crippen LogP contribution in [0.25, 0.3) is 0 Å². The van der Waals surface area contributed by atoms with E-state index in [9.17, 15) is 0 Å². The average molecular weight is 340 g/mol. The van der Waals surface area contributed by atoms with Crippen molar-refractivity contribution in [1.29, 1.82) is 0 Å². The zero-order chi connectivity index (χ0) is 12.6. The van der Waals surface area contributed by atoms with Crippen LogP contribution >= 0.6 is 23.9 Å². The molecular formula is H9Na2O12P3. The Kier molecular flexibility index (Phi) is 39.4. The van der Waals surface area contributed by atoms with E-state index in [-0.39, 0.29) is 64.6 Å². The Labute approximate surface area is 140 Å². The van der Waals surface area contributed by atoms with E-state index < -0.39 is 23.9 Å². The van der Waals surface area contributed by atoms with E-state index in [1.165, 1.54) is 0 Å². The van der Waals surface area contributed by atoms with Gasteiger partial charge < -0.3 is 44.6 Å². The molecule has 12 nitrogen and oxygen atoms in total. The summed E-state index contributed by atoms with van der Waals surface area (Å²) in [5.41, 5.74) is 0. The predicted molar refractivity (Wildman–Crippen MR) is 41.1 cm³/mol. The van der Waals surface area contributed by atoms with Gasteiger partial charge in [-0.1, -0.05) is 0 Å². The number of hydrogen-bond acceptors (Lipinski definition) is 5. The SMILES string of the molecule is O.O=P([O-])(O)O.O=P([O-])(O)O.O=[PH](O)O.[Na+].[Na+]. The summed E-state index contributed by atoms with van der Waals surface area (Å²) >= 11 is 0. The summed E-state index contributed by atoms with van der Waals surface area (Å²) in [5.74, 6) is 0. The van der Waals surface area contributed by atoms with Crippen molar-refractivity contribution in [3.05, 3.63) is 0 Å². The van der Waals surface area contributed by atoms with Gasteiger partial charge in [0.25, 0.3) is 15.6 Å². The average Bonchev–Trinajstić information content (AvgIpc) is 1.45. The Morgan fingerprint density at radius 3 is 0.824 bits per heavy atom. The van der Waals surface area contributed by atoms with E-state index >= 15 is 0 Å². The topological polar surface area (TPSA) is 250 Å². The van der Waals surface area contributed by atoms with Gasteiger partial charge in [-0.15, -0.1) is 0 Å². The molecule has 0 spiro atoms. The fourth-order valence-corrected chi connectivity index (χ4v) is 0. The fraction of sp³-hybridized carbons (Fsp3) is 0. The molecule has 0 saturated carbocycles. The molecule has 0 bridgehead atoms. The van der Waals surface area contributed by atoms with Crippen LogP contribution in [-0.2, 0) is 13.7 Å². The number of phosphoric acid groups is 2. The minimum Gasteiger partial charge on any atom is -0.756 e. The smallest absolute Gasteiger partial charge is 0.756 e. The zero-order valence-electron chi connectivity index (χ0n) is 8.62. The van der Waals surface area contributed by atoms with Gasteiger partial charge in [-0.2, -0.15) is 0 Å². The summed E-state index contributed by atoms with van der Waals surface area (Å²) in [6.07, 6.45) is 0. The number of rotatable bonds is 0. The van der Waals surface area contributed by atoms with E-state index in [4.69, 9.17) is 52.8 Å². The molecule has 0 unspecified atom stereocenters. The molecule has 17 heavy (non-hydrogen) atoms. The quantitative estimate of drug-likeness (QED) is 0.178. The second kappa shape index (κ2) is 18.3. The van der Waals surface area contributed by atoms with E-state index in [2.05, 4.69) is 0 Å². The summed E-state index contributed by atoms with van der Waals surface area (Å²) in [7, 11) is -12.9. The van der Waals surface area contributed by atoms with Crippen LogP contribution in [0.2, 0.25) is 0 Å². The third-order valence-electron chi connectivity index (χ3n) is 0. The fourth-order valence-electron chi connectivity index (χ4n) is 0. The molecular weight excluding hydrogens is 331 g/mol. The molecule has 0 saturated heterocycles. The van der Waals surface area contributed by atoms with Crippen LogP contribution in [0.15, 0.2) is 0 Å². The summed E-state index contributed by atoms with van der Waals surface area (Å²) in [6.45, 7) is 0. The molecule has 98 valence electrons. The standard InChI is InChI=1S/2Na.2H3O4P.H3O3P.H2O/c;;2*1-5(2,3)4;1-4(2)3;/h;;2*(H3,1,2,3,4);4H,(H2,1,2,3);1H2/q2*+1;;;;/p-2. The Hall–Kier alpha value is 2.33. The summed E-state index contributed by atoms with van der Waals surface area (Å²) < 4.78 is 26.3. The monoisotopic (exact) mass is 340 g/mol. The number of hydrogen-bond donors (Lipinski definition) is 6. The Morgan fingerprint density at radius 2 is 0.824 bits per heavy atom. The first-order chi connectivity index (χ1) is 5.73. The van der Waals surface area contributed by atoms with Crippen molar-refractivity contribution < 1.29 is 117 Å². The molecule has 0 atom stereocenters. The predicted octanol–water partition coefficient (Wildman–Crippen LogP) is -10.6. The minimum absolute atomic E-state index is 0. The summed E-state index contributed by atoms with van der Waals surface area (Å²) in [6, 6.07) is 0. The van der Waals surface area contributed by atoms with Crippen LogP contribution in [-0.4, -0.2) is 34.8 Å². The van der Waals surface area contributed by atoms with Crippen molar-refractivity contribution in [3.63, 3.8) is 0 Å². The maximum Gasteiger partial charge on any atom is 1.00 e. The van der Waals surface area contributed by atoms with Gasteiger partial charge in [0.15, 0.2) is 0 Å². The van der Waals surface area contributed by atoms with Gasteiger partial charge in [-0.3, -0.25) is 13.7 Å². The molecule has 17 heteroatoms. The Balaban J connectivity index is -0.0000000247. The molecule has 0 aromatic heterocycles. The van der Waals surface area contributed by atoms with E-state index in [0.717, 1.165) is 0 Å². The molecule has 0 amide bonds. The van der Waals surface area contributed by atoms with Gasteiger partial charge in [0.2, 0.25) is 0 Å². The molecule has 8 N–H and O–H groups in total. The van der Waals surface area contributed by atoms with Crippen molar-refractivity contribution in [2.45, 2.75) is 0 Å². The first kappa shape index (κ1) is 36.6. The summed E-state index contributed by atoms with van der Waals surface area (Å²) in [4.78, 5) is 60.2. The molecule has 0 fully saturated rings. The molecule has 0 aliphatic heterocycles. The largest absolute Gasteiger partial charge is 1.00 e. The molecule has 0 radical (unpaired) electrons. The molecule has 0 aromatic rings. The van der Waals surface area contributed by atoms with Crippen LogP contribution in [0.4, 0.5) is 0 Å². The van der Waals surface area contributed by atoms with Gasteiger partial charge in [0.1, 0.15) is 0 Å². The van der Waals surface area contributed by atoms with Crippen LogP contribution in [0.5, 0.6) is 0 Å². The maximum atomic E-state index is 8.77. The second-order valence-corrected chi connectivity index (χ2v) is 3.79. The van der Waals surface area contributed by atoms with Gasteiger partial charge >= 0.3 is 67.4 Å². The van der Waals surface area contributed by atoms with E-state index in [1.54, 1.807) is 0 Å². The van der Waals surface area contributed by atoms with Crippen LogP contribution < -0.4 is 68.9 Å².